The van der Waals surface area contributed by atoms with Gasteiger partial charge < -0.3 is 58.7 Å². The summed E-state index contributed by atoms with van der Waals surface area (Å²) in [5, 5.41) is 51.0. The molecule has 0 bridgehead atoms. The number of hydrogen-bond donors (Lipinski definition) is 8. The largest absolute Gasteiger partial charge is 0.508 e. The van der Waals surface area contributed by atoms with Crippen LogP contribution in [0.2, 0.25) is 0 Å². The van der Waals surface area contributed by atoms with E-state index in [1.54, 1.807) is 88.9 Å². The Balaban J connectivity index is 0.000000177. The van der Waals surface area contributed by atoms with Crippen molar-refractivity contribution in [2.45, 2.75) is 97.7 Å². The van der Waals surface area contributed by atoms with Crippen molar-refractivity contribution in [3.8, 4) is 11.5 Å². The van der Waals surface area contributed by atoms with Crippen molar-refractivity contribution in [1.29, 1.82) is 0 Å². The number of aromatic amines is 2. The van der Waals surface area contributed by atoms with E-state index in [2.05, 4.69) is 47.1 Å². The van der Waals surface area contributed by atoms with Gasteiger partial charge in [-0.2, -0.15) is 15.2 Å². The number of carboxylic acids is 1. The Kier molecular flexibility index (Phi) is 26.7. The summed E-state index contributed by atoms with van der Waals surface area (Å²) in [5.41, 5.74) is 13.1. The zero-order chi connectivity index (χ0) is 83.1. The number of phenolic OH excluding ortho intramolecular Hbond substituents is 2. The van der Waals surface area contributed by atoms with E-state index < -0.39 is 46.0 Å². The molecule has 3 aliphatic heterocycles. The van der Waals surface area contributed by atoms with Crippen molar-refractivity contribution in [1.82, 2.24) is 24.8 Å². The highest BCUT2D eigenvalue weighted by Crippen LogP contribution is 2.34. The number of nitrogens with one attached hydrogen (secondary N) is 5. The lowest BCUT2D eigenvalue weighted by Gasteiger charge is -2.12. The lowest BCUT2D eigenvalue weighted by molar-refractivity contribution is -0.144. The molecule has 7 aromatic carbocycles. The summed E-state index contributed by atoms with van der Waals surface area (Å²) >= 11 is 0. The van der Waals surface area contributed by atoms with Crippen molar-refractivity contribution in [3.63, 3.8) is 0 Å². The Bertz CT molecular complexity index is 5800. The number of aromatic hydroxyl groups is 2. The van der Waals surface area contributed by atoms with Gasteiger partial charge >= 0.3 is 29.8 Å². The molecule has 30 nitrogen and oxygen atoms in total. The number of aromatic nitrogens is 4. The highest BCUT2D eigenvalue weighted by atomic mass is 32.2. The summed E-state index contributed by atoms with van der Waals surface area (Å²) in [7, 11) is 0.169. The number of fused-ring (bicyclic) bond motifs is 2. The first-order chi connectivity index (χ1) is 54.9. The first-order valence-electron chi connectivity index (χ1n) is 36.0. The van der Waals surface area contributed by atoms with E-state index in [0.717, 1.165) is 51.3 Å². The van der Waals surface area contributed by atoms with E-state index in [1.165, 1.54) is 92.0 Å². The maximum absolute atomic E-state index is 13.2. The summed E-state index contributed by atoms with van der Waals surface area (Å²) in [4.78, 5) is 114. The Morgan fingerprint density at radius 1 is 0.643 bits per heavy atom. The molecular weight excluding hydrogens is 1500 g/mol. The smallest absolute Gasteiger partial charge is 0.368 e. The first-order valence-corrected chi connectivity index (χ1v) is 37.5. The molecule has 31 heteroatoms. The second-order valence-corrected chi connectivity index (χ2v) is 28.1. The second-order valence-electron chi connectivity index (χ2n) is 26.4. The molecule has 115 heavy (non-hydrogen) atoms. The minimum Gasteiger partial charge on any atom is -0.508 e. The number of methoxy groups -OCH3 is 3. The zero-order valence-electron chi connectivity index (χ0n) is 64.4. The maximum Gasteiger partial charge on any atom is 0.368 e. The molecule has 0 saturated heterocycles. The highest BCUT2D eigenvalue weighted by Gasteiger charge is 2.32. The third-order valence-corrected chi connectivity index (χ3v) is 20.1. The molecular formula is C84H83N11O19S. The van der Waals surface area contributed by atoms with Crippen LogP contribution in [0, 0.1) is 6.92 Å². The minimum atomic E-state index is -4.07. The van der Waals surface area contributed by atoms with Crippen LogP contribution >= 0.6 is 0 Å². The van der Waals surface area contributed by atoms with Gasteiger partial charge in [0.05, 0.1) is 88.0 Å². The number of anilines is 3. The molecule has 13 rings (SSSR count). The van der Waals surface area contributed by atoms with Gasteiger partial charge in [0.2, 0.25) is 0 Å². The van der Waals surface area contributed by atoms with Gasteiger partial charge in [0, 0.05) is 87.4 Å². The lowest BCUT2D eigenvalue weighted by Crippen LogP contribution is -2.21. The summed E-state index contributed by atoms with van der Waals surface area (Å²) in [6.45, 7) is 14.7. The molecule has 0 radical (unpaired) electrons. The number of para-hydroxylation sites is 2. The van der Waals surface area contributed by atoms with Crippen LogP contribution in [-0.2, 0) is 70.6 Å². The van der Waals surface area contributed by atoms with Crippen molar-refractivity contribution in [2.24, 2.45) is 15.4 Å². The monoisotopic (exact) mass is 1580 g/mol. The van der Waals surface area contributed by atoms with E-state index >= 15 is 0 Å². The summed E-state index contributed by atoms with van der Waals surface area (Å²) in [5.74, 6) is -4.12. The van der Waals surface area contributed by atoms with Gasteiger partial charge in [-0.25, -0.2) is 37.8 Å². The normalized spacial score (nSPS) is 14.9. The molecule has 8 N–H and O–H groups in total. The van der Waals surface area contributed by atoms with Crippen molar-refractivity contribution < 1.29 is 85.9 Å². The van der Waals surface area contributed by atoms with Crippen LogP contribution in [0.1, 0.15) is 137 Å². The first kappa shape index (κ1) is 83.4. The second kappa shape index (κ2) is 36.8. The summed E-state index contributed by atoms with van der Waals surface area (Å²) in [6.07, 6.45) is 10.6. The van der Waals surface area contributed by atoms with Gasteiger partial charge in [-0.15, -0.1) is 0 Å². The van der Waals surface area contributed by atoms with Crippen LogP contribution in [-0.4, -0.2) is 142 Å². The zero-order valence-corrected chi connectivity index (χ0v) is 65.2. The number of carbonyl (C=O) groups excluding carboxylic acids is 7. The number of oxime groups is 1. The van der Waals surface area contributed by atoms with E-state index in [0.29, 0.717) is 62.6 Å². The number of H-pyrrole nitrogens is 2. The van der Waals surface area contributed by atoms with E-state index in [-0.39, 0.29) is 92.1 Å². The van der Waals surface area contributed by atoms with Crippen LogP contribution in [0.25, 0.3) is 40.0 Å². The number of aromatic carboxylic acids is 1. The molecule has 594 valence electrons. The number of benzene rings is 7. The number of nitrogens with zero attached hydrogens (tertiary/aromatic N) is 6. The third-order valence-electron chi connectivity index (χ3n) is 18.7. The third kappa shape index (κ3) is 19.6. The molecule has 10 aromatic rings. The number of carboxylic acid groups (broad SMARTS) is 1. The molecule has 0 saturated carbocycles. The van der Waals surface area contributed by atoms with Gasteiger partial charge in [0.1, 0.15) is 29.3 Å². The number of phenols is 2. The number of rotatable bonds is 22. The fraction of sp³-hybridized carbons (Fsp3) is 0.214. The van der Waals surface area contributed by atoms with Crippen molar-refractivity contribution in [2.75, 3.05) is 43.0 Å². The van der Waals surface area contributed by atoms with Gasteiger partial charge in [-0.1, -0.05) is 79.7 Å². The maximum atomic E-state index is 13.2. The van der Waals surface area contributed by atoms with Crippen LogP contribution in [0.15, 0.2) is 212 Å². The number of esters is 3. The average Bonchev–Trinajstić information content (AvgIpc) is 1.64. The van der Waals surface area contributed by atoms with Gasteiger partial charge in [0.15, 0.2) is 0 Å². The Hall–Kier alpha value is -14.1. The van der Waals surface area contributed by atoms with Crippen LogP contribution in [0.4, 0.5) is 17.1 Å². The Morgan fingerprint density at radius 2 is 1.24 bits per heavy atom. The number of aryl methyl sites for hydroxylation is 3. The number of hydrazone groups is 2. The van der Waals surface area contributed by atoms with Crippen molar-refractivity contribution in [3.05, 3.63) is 253 Å². The Labute approximate surface area is 659 Å². The summed E-state index contributed by atoms with van der Waals surface area (Å²) in [6, 6.07) is 41.5. The quantitative estimate of drug-likeness (QED) is 0.00780. The van der Waals surface area contributed by atoms with Gasteiger partial charge in [-0.3, -0.25) is 29.0 Å². The fourth-order valence-electron chi connectivity index (χ4n) is 12.1. The van der Waals surface area contributed by atoms with Crippen LogP contribution in [0.5, 0.6) is 11.5 Å². The van der Waals surface area contributed by atoms with E-state index in [1.807, 2.05) is 92.2 Å². The Morgan fingerprint density at radius 3 is 1.79 bits per heavy atom. The SMILES string of the molecule is CC1=NNC(=O)C1=Cc1c(C)[nH][nH]c1=O.CCc1cc(CC)cc(C(=O)Nc2cc(O)ccc2O)c1.COC(=O)C(C)n1cc(C=C2C(=O)N(c3ccc(C(=O)O)cc3)N=C2C)c2ccccc21.COC(=O)C(C)n1cc(C=C2C(=O)ON=C2c2ccc(NS(=O)(=O)c3cccc(C(=O)OCCC(C)OC)c3)cc2)c2ccccc21. The van der Waals surface area contributed by atoms with Gasteiger partial charge in [-0.05, 0) is 175 Å². The number of sulfonamides is 1. The predicted molar refractivity (Wildman–Crippen MR) is 433 cm³/mol. The number of hydrogen-bond acceptors (Lipinski definition) is 21. The predicted octanol–water partition coefficient (Wildman–Crippen LogP) is 12.4. The molecule has 3 atom stereocenters. The number of carbonyl (C=O) groups is 8. The molecule has 3 unspecified atom stereocenters. The van der Waals surface area contributed by atoms with Gasteiger partial charge in [0.25, 0.3) is 33.3 Å². The molecule has 3 amide bonds. The van der Waals surface area contributed by atoms with Crippen LogP contribution < -0.4 is 26.0 Å². The molecule has 3 aromatic heterocycles. The van der Waals surface area contributed by atoms with Crippen molar-refractivity contribution >= 4 is 132 Å². The fourth-order valence-corrected chi connectivity index (χ4v) is 13.2. The molecule has 3 aliphatic rings. The number of amides is 3. The summed E-state index contributed by atoms with van der Waals surface area (Å²) < 4.78 is 52.6. The van der Waals surface area contributed by atoms with Crippen LogP contribution in [0.3, 0.4) is 0 Å². The number of ether oxygens (including phenoxy) is 4. The van der Waals surface area contributed by atoms with E-state index in [4.69, 9.17) is 28.9 Å². The topological polar surface area (TPSA) is 412 Å². The lowest BCUT2D eigenvalue weighted by atomic mass is 10.0. The molecule has 0 fully saturated rings. The standard InChI is InChI=1S/C34H33N3O9S.C24H21N3O5.C17H19NO3.C9H10N4O2/c1-21(43-3)16-17-45-33(39)24-8-7-9-27(18-24)47(41,42)36-26-14-12-23(13-15-26)31-29(34(40)46-35-31)19-25-20-37(22(2)32(38)44-4)30-11-6-5-10-28(25)30;1-14-20(22(28)27(25-14)18-10-8-16(9-11-18)23(29)30)12-17-13-26(15(2)24(31)32-3)21-7-5-4-6-19(17)21;1-3-11-7-12(4-2)9-13(8-11)17(21)18-15-10-14(19)5-6-16(15)20;1-4-6(8(14)12-10-4)3-7-5(2)11-13-9(7)15/h5-15,18-22,36H,16-17H2,1-4H3;4-13,15H,1-3H3,(H,29,30);5-10,19-20H,3-4H2,1-2H3,(H,18,21);3H,1-2H3,(H,12,14)(H2,11,13,15). The average molecular weight is 1580 g/mol. The molecule has 0 spiro atoms. The van der Waals surface area contributed by atoms with E-state index in [9.17, 15) is 61.8 Å². The minimum absolute atomic E-state index is 0.0142. The highest BCUT2D eigenvalue weighted by molar-refractivity contribution is 7.92. The molecule has 6 heterocycles. The molecule has 0 aliphatic carbocycles.